The van der Waals surface area contributed by atoms with Gasteiger partial charge in [-0.3, -0.25) is 0 Å². The first kappa shape index (κ1) is 15.3. The van der Waals surface area contributed by atoms with Gasteiger partial charge >= 0.3 is 0 Å². The van der Waals surface area contributed by atoms with Crippen molar-refractivity contribution in [3.05, 3.63) is 44.5 Å². The molecule has 0 bridgehead atoms. The van der Waals surface area contributed by atoms with Gasteiger partial charge < -0.3 is 19.1 Å². The predicted octanol–water partition coefficient (Wildman–Crippen LogP) is 0.859. The summed E-state index contributed by atoms with van der Waals surface area (Å²) >= 11 is 0. The van der Waals surface area contributed by atoms with Crippen molar-refractivity contribution in [1.82, 2.24) is 0 Å². The number of para-hydroxylation sites is 2. The van der Waals surface area contributed by atoms with Gasteiger partial charge in [0.2, 0.25) is 0 Å². The molecule has 0 saturated carbocycles. The van der Waals surface area contributed by atoms with Crippen molar-refractivity contribution in [1.29, 1.82) is 0 Å². The Balaban J connectivity index is 2.60. The zero-order valence-electron chi connectivity index (χ0n) is 10.5. The number of nitrogens with zero attached hydrogens (tertiary/aromatic N) is 2. The van der Waals surface area contributed by atoms with E-state index in [-0.39, 0.29) is 6.61 Å². The molecule has 0 amide bonds. The molecule has 1 rings (SSSR count). The summed E-state index contributed by atoms with van der Waals surface area (Å²) in [5, 5.41) is 18.2. The normalized spacial score (nSPS) is 11.2. The molecule has 0 aromatic heterocycles. The highest BCUT2D eigenvalue weighted by Gasteiger charge is 2.17. The van der Waals surface area contributed by atoms with Gasteiger partial charge in [0.05, 0.1) is 7.11 Å². The van der Waals surface area contributed by atoms with E-state index in [0.717, 1.165) is 0 Å². The molecular formula is C10H12N2O8. The summed E-state index contributed by atoms with van der Waals surface area (Å²) in [6.07, 6.45) is -1.24. The first-order chi connectivity index (χ1) is 9.52. The van der Waals surface area contributed by atoms with E-state index in [4.69, 9.17) is 9.47 Å². The smallest absolute Gasteiger partial charge is 0.294 e. The Bertz CT molecular complexity index is 466. The second kappa shape index (κ2) is 7.61. The highest BCUT2D eigenvalue weighted by Crippen LogP contribution is 2.25. The predicted molar refractivity (Wildman–Crippen MR) is 63.3 cm³/mol. The van der Waals surface area contributed by atoms with Crippen molar-refractivity contribution in [3.63, 3.8) is 0 Å². The Morgan fingerprint density at radius 3 is 2.30 bits per heavy atom. The van der Waals surface area contributed by atoms with E-state index in [9.17, 15) is 20.2 Å². The topological polar surface area (TPSA) is 123 Å². The molecule has 0 aliphatic rings. The van der Waals surface area contributed by atoms with Crippen LogP contribution in [0.25, 0.3) is 0 Å². The van der Waals surface area contributed by atoms with E-state index in [1.54, 1.807) is 24.3 Å². The number of ether oxygens (including phenoxy) is 2. The maximum Gasteiger partial charge on any atom is 0.294 e. The van der Waals surface area contributed by atoms with Crippen molar-refractivity contribution in [2.45, 2.75) is 6.10 Å². The minimum absolute atomic E-state index is 0.310. The van der Waals surface area contributed by atoms with Crippen molar-refractivity contribution < 1.29 is 29.3 Å². The zero-order chi connectivity index (χ0) is 15.0. The molecule has 0 heterocycles. The zero-order valence-corrected chi connectivity index (χ0v) is 10.5. The summed E-state index contributed by atoms with van der Waals surface area (Å²) in [5.74, 6) is 0.746. The van der Waals surface area contributed by atoms with E-state index >= 15 is 0 Å². The molecule has 10 nitrogen and oxygen atoms in total. The number of hydrogen-bond donors (Lipinski definition) is 0. The summed E-state index contributed by atoms with van der Waals surface area (Å²) in [5.41, 5.74) is 0. The maximum absolute atomic E-state index is 10.3. The Labute approximate surface area is 113 Å². The SMILES string of the molecule is COc1ccccc1OC[C@H](CO[N+](=O)[O-])O[N+](=O)[O-]. The molecule has 1 atom stereocenters. The van der Waals surface area contributed by atoms with E-state index in [2.05, 4.69) is 9.68 Å². The van der Waals surface area contributed by atoms with Crippen molar-refractivity contribution in [3.8, 4) is 11.5 Å². The van der Waals surface area contributed by atoms with E-state index in [1.165, 1.54) is 7.11 Å². The summed E-state index contributed by atoms with van der Waals surface area (Å²) in [7, 11) is 1.43. The third kappa shape index (κ3) is 5.25. The van der Waals surface area contributed by atoms with Gasteiger partial charge in [0, 0.05) is 0 Å². The monoisotopic (exact) mass is 288 g/mol. The molecule has 20 heavy (non-hydrogen) atoms. The molecule has 0 N–H and O–H groups in total. The van der Waals surface area contributed by atoms with Crippen LogP contribution < -0.4 is 9.47 Å². The lowest BCUT2D eigenvalue weighted by atomic mass is 10.3. The number of methoxy groups -OCH3 is 1. The average molecular weight is 288 g/mol. The summed E-state index contributed by atoms with van der Waals surface area (Å²) in [6.45, 7) is -0.932. The van der Waals surface area contributed by atoms with E-state index in [0.29, 0.717) is 11.5 Å². The molecule has 0 radical (unpaired) electrons. The summed E-state index contributed by atoms with van der Waals surface area (Å²) < 4.78 is 10.3. The van der Waals surface area contributed by atoms with Gasteiger partial charge in [-0.05, 0) is 12.1 Å². The van der Waals surface area contributed by atoms with Crippen LogP contribution in [-0.2, 0) is 9.68 Å². The number of hydrogen-bond acceptors (Lipinski definition) is 8. The molecule has 10 heteroatoms. The van der Waals surface area contributed by atoms with E-state index < -0.39 is 22.9 Å². The van der Waals surface area contributed by atoms with Crippen LogP contribution in [0.5, 0.6) is 11.5 Å². The van der Waals surface area contributed by atoms with Crippen molar-refractivity contribution >= 4 is 0 Å². The standard InChI is InChI=1S/C10H12N2O8/c1-17-9-4-2-3-5-10(9)18-6-8(20-12(15)16)7-19-11(13)14/h2-5,8H,6-7H2,1H3/t8-/m1/s1. The Kier molecular flexibility index (Phi) is 5.81. The van der Waals surface area contributed by atoms with Gasteiger partial charge in [0.25, 0.3) is 10.2 Å². The fourth-order valence-corrected chi connectivity index (χ4v) is 1.30. The minimum Gasteiger partial charge on any atom is -0.493 e. The van der Waals surface area contributed by atoms with Crippen molar-refractivity contribution in [2.75, 3.05) is 20.3 Å². The van der Waals surface area contributed by atoms with Crippen LogP contribution in [0.2, 0.25) is 0 Å². The third-order valence-corrected chi connectivity index (χ3v) is 2.09. The molecule has 0 aliphatic carbocycles. The molecule has 0 fully saturated rings. The quantitative estimate of drug-likeness (QED) is 0.484. The lowest BCUT2D eigenvalue weighted by Crippen LogP contribution is -2.30. The minimum atomic E-state index is -1.24. The van der Waals surface area contributed by atoms with Gasteiger partial charge in [-0.1, -0.05) is 12.1 Å². The largest absolute Gasteiger partial charge is 0.493 e. The van der Waals surface area contributed by atoms with Gasteiger partial charge in [-0.25, -0.2) is 0 Å². The van der Waals surface area contributed by atoms with Gasteiger partial charge in [-0.15, -0.1) is 20.2 Å². The molecular weight excluding hydrogens is 276 g/mol. The third-order valence-electron chi connectivity index (χ3n) is 2.09. The van der Waals surface area contributed by atoms with Gasteiger partial charge in [0.1, 0.15) is 13.2 Å². The average Bonchev–Trinajstić information content (AvgIpc) is 2.41. The Hall–Kier alpha value is -2.78. The molecule has 0 saturated heterocycles. The first-order valence-electron chi connectivity index (χ1n) is 5.37. The summed E-state index contributed by atoms with van der Waals surface area (Å²) in [6, 6.07) is 6.60. The van der Waals surface area contributed by atoms with Crippen LogP contribution in [0.4, 0.5) is 0 Å². The molecule has 1 aromatic carbocycles. The Morgan fingerprint density at radius 2 is 1.75 bits per heavy atom. The van der Waals surface area contributed by atoms with Gasteiger partial charge in [0.15, 0.2) is 17.6 Å². The molecule has 0 aliphatic heterocycles. The molecule has 0 unspecified atom stereocenters. The number of benzene rings is 1. The maximum atomic E-state index is 10.3. The first-order valence-corrected chi connectivity index (χ1v) is 5.37. The van der Waals surface area contributed by atoms with Crippen LogP contribution in [0.1, 0.15) is 0 Å². The second-order valence-electron chi connectivity index (χ2n) is 3.43. The second-order valence-corrected chi connectivity index (χ2v) is 3.43. The highest BCUT2D eigenvalue weighted by atomic mass is 17.0. The van der Waals surface area contributed by atoms with Crippen LogP contribution in [0, 0.1) is 20.2 Å². The number of rotatable bonds is 9. The highest BCUT2D eigenvalue weighted by molar-refractivity contribution is 5.39. The lowest BCUT2D eigenvalue weighted by Gasteiger charge is -2.16. The van der Waals surface area contributed by atoms with E-state index in [1.807, 2.05) is 0 Å². The van der Waals surface area contributed by atoms with Crippen LogP contribution in [-0.4, -0.2) is 36.6 Å². The van der Waals surface area contributed by atoms with Crippen LogP contribution >= 0.6 is 0 Å². The van der Waals surface area contributed by atoms with Crippen LogP contribution in [0.15, 0.2) is 24.3 Å². The lowest BCUT2D eigenvalue weighted by molar-refractivity contribution is -0.790. The fraction of sp³-hybridized carbons (Fsp3) is 0.400. The summed E-state index contributed by atoms with van der Waals surface area (Å²) in [4.78, 5) is 28.6. The van der Waals surface area contributed by atoms with Crippen molar-refractivity contribution in [2.24, 2.45) is 0 Å². The Morgan fingerprint density at radius 1 is 1.10 bits per heavy atom. The fourth-order valence-electron chi connectivity index (χ4n) is 1.30. The molecule has 0 spiro atoms. The van der Waals surface area contributed by atoms with Crippen LogP contribution in [0.3, 0.4) is 0 Å². The molecule has 110 valence electrons. The van der Waals surface area contributed by atoms with Gasteiger partial charge in [-0.2, -0.15) is 0 Å². The molecule has 1 aromatic rings.